The fourth-order valence-corrected chi connectivity index (χ4v) is 10.0. The minimum Gasteiger partial charge on any atom is -0.392 e. The number of aliphatic hydroxyl groups is 2. The third-order valence-electron chi connectivity index (χ3n) is 12.7. The smallest absolute Gasteiger partial charge is 0.162 e. The topological polar surface area (TPSA) is 58.9 Å². The van der Waals surface area contributed by atoms with Crippen molar-refractivity contribution in [2.75, 3.05) is 7.11 Å². The SMILES string of the molecule is COC(C)(C)/C=C/C[C@@H](C)[C@H]1CC[C@@]2(C)[C@@H]3C=C[C@@]45O[C@@H](O)[C@]3(CC[C@]12C)[C@@H]4CC[C@H](O)C5(C)C. The highest BCUT2D eigenvalue weighted by Gasteiger charge is 2.78. The van der Waals surface area contributed by atoms with E-state index in [1.807, 2.05) is 0 Å². The van der Waals surface area contributed by atoms with Crippen molar-refractivity contribution in [2.45, 2.75) is 117 Å². The van der Waals surface area contributed by atoms with E-state index in [1.54, 1.807) is 7.11 Å². The molecule has 1 heterocycles. The van der Waals surface area contributed by atoms with Crippen molar-refractivity contribution in [1.82, 2.24) is 0 Å². The van der Waals surface area contributed by atoms with Crippen molar-refractivity contribution >= 4 is 0 Å². The molecular weight excluding hydrogens is 436 g/mol. The maximum atomic E-state index is 11.7. The van der Waals surface area contributed by atoms with E-state index in [4.69, 9.17) is 9.47 Å². The lowest BCUT2D eigenvalue weighted by Crippen LogP contribution is -2.65. The Kier molecular flexibility index (Phi) is 5.87. The van der Waals surface area contributed by atoms with Crippen LogP contribution in [0.3, 0.4) is 0 Å². The second-order valence-electron chi connectivity index (χ2n) is 14.5. The summed E-state index contributed by atoms with van der Waals surface area (Å²) in [4.78, 5) is 0. The molecule has 1 saturated heterocycles. The molecule has 1 spiro atoms. The second-order valence-corrected chi connectivity index (χ2v) is 14.5. The first-order valence-corrected chi connectivity index (χ1v) is 14.2. The highest BCUT2D eigenvalue weighted by atomic mass is 16.6. The maximum absolute atomic E-state index is 11.7. The van der Waals surface area contributed by atoms with Crippen LogP contribution in [0.15, 0.2) is 24.3 Å². The van der Waals surface area contributed by atoms with Crippen molar-refractivity contribution in [1.29, 1.82) is 0 Å². The molecular formula is C31H50O4. The van der Waals surface area contributed by atoms with Gasteiger partial charge >= 0.3 is 0 Å². The fourth-order valence-electron chi connectivity index (χ4n) is 10.0. The molecule has 3 saturated carbocycles. The number of fused-ring (bicyclic) bond motifs is 2. The van der Waals surface area contributed by atoms with Gasteiger partial charge in [0, 0.05) is 23.9 Å². The number of aliphatic hydroxyl groups excluding tert-OH is 2. The van der Waals surface area contributed by atoms with Crippen LogP contribution in [0.5, 0.6) is 0 Å². The normalized spacial score (nSPS) is 51.2. The molecule has 10 atom stereocenters. The van der Waals surface area contributed by atoms with Crippen LogP contribution in [-0.4, -0.2) is 40.9 Å². The van der Waals surface area contributed by atoms with Gasteiger partial charge in [0.1, 0.15) is 5.60 Å². The lowest BCUT2D eigenvalue weighted by Gasteiger charge is -2.65. The summed E-state index contributed by atoms with van der Waals surface area (Å²) >= 11 is 0. The van der Waals surface area contributed by atoms with Crippen LogP contribution in [0, 0.1) is 45.3 Å². The van der Waals surface area contributed by atoms with E-state index < -0.39 is 23.4 Å². The number of ether oxygens (including phenoxy) is 2. The summed E-state index contributed by atoms with van der Waals surface area (Å²) in [7, 11) is 1.77. The Morgan fingerprint density at radius 2 is 1.77 bits per heavy atom. The zero-order chi connectivity index (χ0) is 25.7. The van der Waals surface area contributed by atoms with E-state index in [-0.39, 0.29) is 27.8 Å². The number of hydrogen-bond donors (Lipinski definition) is 2. The average molecular weight is 487 g/mol. The predicted molar refractivity (Wildman–Crippen MR) is 140 cm³/mol. The van der Waals surface area contributed by atoms with E-state index in [0.717, 1.165) is 32.1 Å². The van der Waals surface area contributed by atoms with E-state index in [2.05, 4.69) is 72.8 Å². The molecule has 2 N–H and O–H groups in total. The minimum absolute atomic E-state index is 0.136. The summed E-state index contributed by atoms with van der Waals surface area (Å²) in [5.74, 6) is 1.87. The quantitative estimate of drug-likeness (QED) is 0.450. The van der Waals surface area contributed by atoms with Crippen molar-refractivity contribution in [2.24, 2.45) is 45.3 Å². The minimum atomic E-state index is -0.755. The van der Waals surface area contributed by atoms with Gasteiger partial charge in [0.15, 0.2) is 6.29 Å². The number of methoxy groups -OCH3 is 1. The van der Waals surface area contributed by atoms with E-state index in [9.17, 15) is 10.2 Å². The van der Waals surface area contributed by atoms with Crippen molar-refractivity contribution in [3.63, 3.8) is 0 Å². The van der Waals surface area contributed by atoms with Crippen LogP contribution in [0.25, 0.3) is 0 Å². The van der Waals surface area contributed by atoms with Crippen LogP contribution in [0.4, 0.5) is 0 Å². The highest BCUT2D eigenvalue weighted by molar-refractivity contribution is 5.34. The average Bonchev–Trinajstić information content (AvgIpc) is 3.15. The van der Waals surface area contributed by atoms with Gasteiger partial charge in [-0.15, -0.1) is 0 Å². The molecule has 5 aliphatic rings. The molecule has 5 rings (SSSR count). The van der Waals surface area contributed by atoms with Gasteiger partial charge in [-0.25, -0.2) is 0 Å². The molecule has 0 amide bonds. The monoisotopic (exact) mass is 486 g/mol. The summed E-state index contributed by atoms with van der Waals surface area (Å²) < 4.78 is 12.2. The largest absolute Gasteiger partial charge is 0.392 e. The van der Waals surface area contributed by atoms with Gasteiger partial charge in [-0.2, -0.15) is 0 Å². The molecule has 2 bridgehead atoms. The van der Waals surface area contributed by atoms with Crippen molar-refractivity contribution in [3.05, 3.63) is 24.3 Å². The molecule has 4 nitrogen and oxygen atoms in total. The first-order valence-electron chi connectivity index (χ1n) is 14.2. The molecule has 0 aromatic rings. The summed E-state index contributed by atoms with van der Waals surface area (Å²) in [6, 6.07) is 0. The first kappa shape index (κ1) is 25.9. The van der Waals surface area contributed by atoms with Gasteiger partial charge in [0.2, 0.25) is 0 Å². The van der Waals surface area contributed by atoms with E-state index >= 15 is 0 Å². The van der Waals surface area contributed by atoms with E-state index in [0.29, 0.717) is 17.8 Å². The number of hydrogen-bond acceptors (Lipinski definition) is 4. The zero-order valence-corrected chi connectivity index (χ0v) is 23.4. The Hall–Kier alpha value is -0.680. The van der Waals surface area contributed by atoms with Crippen molar-refractivity contribution < 1.29 is 19.7 Å². The van der Waals surface area contributed by atoms with Gasteiger partial charge in [0.25, 0.3) is 0 Å². The number of rotatable bonds is 5. The Bertz CT molecular complexity index is 906. The van der Waals surface area contributed by atoms with Gasteiger partial charge in [-0.3, -0.25) is 0 Å². The van der Waals surface area contributed by atoms with Crippen molar-refractivity contribution in [3.8, 4) is 0 Å². The van der Waals surface area contributed by atoms with Crippen LogP contribution < -0.4 is 0 Å². The lowest BCUT2D eigenvalue weighted by molar-refractivity contribution is -0.213. The van der Waals surface area contributed by atoms with Crippen LogP contribution in [0.2, 0.25) is 0 Å². The van der Waals surface area contributed by atoms with Gasteiger partial charge < -0.3 is 19.7 Å². The summed E-state index contributed by atoms with van der Waals surface area (Å²) in [6.45, 7) is 16.0. The lowest BCUT2D eigenvalue weighted by atomic mass is 9.38. The Balaban J connectivity index is 1.47. The van der Waals surface area contributed by atoms with Crippen LogP contribution in [-0.2, 0) is 9.47 Å². The van der Waals surface area contributed by atoms with Gasteiger partial charge in [-0.1, -0.05) is 58.9 Å². The predicted octanol–water partition coefficient (Wildman–Crippen LogP) is 6.27. The molecule has 0 aromatic heterocycles. The summed E-state index contributed by atoms with van der Waals surface area (Å²) in [6.07, 6.45) is 15.6. The van der Waals surface area contributed by atoms with Gasteiger partial charge in [0.05, 0.1) is 11.7 Å². The molecule has 0 unspecified atom stereocenters. The maximum Gasteiger partial charge on any atom is 0.162 e. The molecule has 4 fully saturated rings. The summed E-state index contributed by atoms with van der Waals surface area (Å²) in [5, 5.41) is 22.6. The zero-order valence-electron chi connectivity index (χ0n) is 23.4. The summed E-state index contributed by atoms with van der Waals surface area (Å²) in [5.41, 5.74) is -1.04. The standard InChI is InChI=1S/C31H50O4/c1-20(10-9-15-26(2,3)34-8)21-13-16-29(7)22-14-17-31-23(11-12-24(32)27(31,4)5)30(22,25(33)35-31)19-18-28(21,29)6/h9,14-15,17,20-25,32-33H,10-13,16,18-19H2,1-8H3/b15-9+/t20-,21-,22+,23+,24+,25-,28-,29+,30+,31-/m1/s1. The molecule has 0 aromatic carbocycles. The van der Waals surface area contributed by atoms with Crippen LogP contribution >= 0.6 is 0 Å². The Morgan fingerprint density at radius 3 is 2.46 bits per heavy atom. The number of allylic oxidation sites excluding steroid dienone is 2. The molecule has 35 heavy (non-hydrogen) atoms. The third kappa shape index (κ3) is 3.12. The Labute approximate surface area is 213 Å². The van der Waals surface area contributed by atoms with Crippen LogP contribution in [0.1, 0.15) is 93.4 Å². The third-order valence-corrected chi connectivity index (χ3v) is 12.7. The molecule has 1 aliphatic heterocycles. The molecule has 4 heteroatoms. The fraction of sp³-hybridized carbons (Fsp3) is 0.871. The first-order chi connectivity index (χ1) is 16.2. The molecule has 0 radical (unpaired) electrons. The Morgan fingerprint density at radius 1 is 1.06 bits per heavy atom. The second kappa shape index (κ2) is 7.91. The van der Waals surface area contributed by atoms with E-state index in [1.165, 1.54) is 12.8 Å². The highest BCUT2D eigenvalue weighted by Crippen LogP contribution is 2.78. The molecule has 4 aliphatic carbocycles. The molecule has 198 valence electrons. The van der Waals surface area contributed by atoms with Gasteiger partial charge in [-0.05, 0) is 87.4 Å².